The molecular weight excluding hydrogens is 1600 g/mol. The molecule has 5 aromatic heterocycles. The van der Waals surface area contributed by atoms with Crippen LogP contribution in [0.5, 0.6) is 5.75 Å². The summed E-state index contributed by atoms with van der Waals surface area (Å²) in [6.45, 7) is 17.7. The molecule has 26 nitrogen and oxygen atoms in total. The Balaban J connectivity index is 0.000000150. The van der Waals surface area contributed by atoms with Crippen LogP contribution in [0.15, 0.2) is 135 Å². The van der Waals surface area contributed by atoms with Crippen molar-refractivity contribution in [1.29, 1.82) is 0 Å². The standard InChI is InChI=1S/2C20H26N4O.C18H21ClN4O2.C18H21ClN4O.C18H21FN4O/c1-13-9-15(3)17(10-14(13)2)24-20(25)18-11-19(22-12-21-18)23-16-7-5-4-6-8-16;1-13-9-10-17(15(3)14(13)2)24-20(25)18-11-19(22-12-21-18)23-16-7-5-4-6-8-16;1-11-7-13(8-14(19)17(11)24)23-18(25)15-9-16(21-10-20-15)22-12-5-3-2-4-6-12;2*1-12-7-8-15(14(19)9-12)23-18(24)16-10-17(21-11-20-16)22-13-5-3-2-4-6-13/h2*9-12,16H,4-8H2,1-3H3,(H,24,25)(H,21,22,23);7-10,12,24H,2-6H2,1H3,(H,23,25)(H,20,21,22);2*7-11,13H,2-6H2,1H3,(H,23,24)(H,20,21,22). The summed E-state index contributed by atoms with van der Waals surface area (Å²) in [6.07, 6.45) is 37.3. The molecule has 0 radical (unpaired) electrons. The van der Waals surface area contributed by atoms with Gasteiger partial charge in [-0.15, -0.1) is 0 Å². The van der Waals surface area contributed by atoms with Crippen LogP contribution in [0.3, 0.4) is 0 Å². The second-order valence-corrected chi connectivity index (χ2v) is 33.4. The van der Waals surface area contributed by atoms with Gasteiger partial charge in [-0.05, 0) is 225 Å². The molecule has 648 valence electrons. The number of anilines is 10. The first-order chi connectivity index (χ1) is 59.3. The minimum absolute atomic E-state index is 0.0145. The molecule has 10 aromatic rings. The summed E-state index contributed by atoms with van der Waals surface area (Å²) >= 11 is 12.1. The van der Waals surface area contributed by atoms with Crippen molar-refractivity contribution in [2.45, 2.75) is 253 Å². The molecule has 0 bridgehead atoms. The van der Waals surface area contributed by atoms with Crippen LogP contribution >= 0.6 is 23.2 Å². The highest BCUT2D eigenvalue weighted by Crippen LogP contribution is 2.33. The number of aromatic hydroxyl groups is 1. The van der Waals surface area contributed by atoms with Gasteiger partial charge in [0.05, 0.1) is 21.4 Å². The molecule has 0 spiro atoms. The number of halogens is 3. The van der Waals surface area contributed by atoms with Gasteiger partial charge in [0, 0.05) is 77.6 Å². The number of amides is 5. The van der Waals surface area contributed by atoms with Crippen LogP contribution in [-0.2, 0) is 0 Å². The van der Waals surface area contributed by atoms with Crippen LogP contribution in [-0.4, -0.2) is 115 Å². The largest absolute Gasteiger partial charge is 0.506 e. The van der Waals surface area contributed by atoms with Gasteiger partial charge in [0.1, 0.15) is 101 Å². The lowest BCUT2D eigenvalue weighted by molar-refractivity contribution is 0.101. The Kier molecular flexibility index (Phi) is 34.3. The molecule has 15 rings (SSSR count). The zero-order valence-corrected chi connectivity index (χ0v) is 73.4. The SMILES string of the molecule is Cc1cc(C)c(NC(=O)c2cc(NC3CCCCC3)ncn2)cc1C.Cc1cc(NC(=O)c2cc(NC3CCCCC3)ncn2)cc(Cl)c1O.Cc1ccc(NC(=O)c2cc(NC3CCCCC3)ncn2)c(C)c1C.Cc1ccc(NC(=O)c2cc(NC3CCCCC3)ncn2)c(Cl)c1.Cc1ccc(NC(=O)c2cc(NC3CCCCC3)ncn2)c(F)c1. The van der Waals surface area contributed by atoms with Gasteiger partial charge in [-0.3, -0.25) is 24.0 Å². The van der Waals surface area contributed by atoms with Crippen molar-refractivity contribution in [3.8, 4) is 5.75 Å². The number of nitrogens with one attached hydrogen (secondary N) is 10. The van der Waals surface area contributed by atoms with Gasteiger partial charge in [-0.2, -0.15) is 0 Å². The molecule has 5 heterocycles. The second kappa shape index (κ2) is 45.9. The molecule has 5 aliphatic rings. The zero-order valence-electron chi connectivity index (χ0n) is 71.9. The summed E-state index contributed by atoms with van der Waals surface area (Å²) in [5.74, 6) is 1.47. The number of aryl methyl sites for hydroxylation is 7. The topological polar surface area (TPSA) is 355 Å². The highest BCUT2D eigenvalue weighted by Gasteiger charge is 2.24. The van der Waals surface area contributed by atoms with E-state index in [9.17, 15) is 33.5 Å². The van der Waals surface area contributed by atoms with E-state index in [4.69, 9.17) is 23.2 Å². The lowest BCUT2D eigenvalue weighted by Crippen LogP contribution is -2.23. The van der Waals surface area contributed by atoms with Crippen LogP contribution < -0.4 is 53.2 Å². The smallest absolute Gasteiger partial charge is 0.274 e. The van der Waals surface area contributed by atoms with Crippen LogP contribution in [0.4, 0.5) is 61.9 Å². The average Bonchev–Trinajstić information content (AvgIpc) is 0.840. The quantitative estimate of drug-likeness (QED) is 0.0316. The number of nitrogens with zero attached hydrogens (tertiary/aromatic N) is 10. The predicted octanol–water partition coefficient (Wildman–Crippen LogP) is 21.3. The van der Waals surface area contributed by atoms with Crippen molar-refractivity contribution in [3.63, 3.8) is 0 Å². The van der Waals surface area contributed by atoms with Crippen molar-refractivity contribution < 1.29 is 33.5 Å². The van der Waals surface area contributed by atoms with Gasteiger partial charge in [-0.1, -0.05) is 144 Å². The number of carbonyl (C=O) groups is 5. The zero-order chi connectivity index (χ0) is 87.3. The Labute approximate surface area is 730 Å². The second-order valence-electron chi connectivity index (χ2n) is 32.6. The van der Waals surface area contributed by atoms with E-state index in [1.807, 2.05) is 58.0 Å². The lowest BCUT2D eigenvalue weighted by atomic mass is 9.95. The maximum Gasteiger partial charge on any atom is 0.274 e. The number of phenolic OH excluding ortho intramolecular Hbond substituents is 1. The third-order valence-electron chi connectivity index (χ3n) is 22.9. The van der Waals surface area contributed by atoms with E-state index in [-0.39, 0.29) is 51.5 Å². The first-order valence-electron chi connectivity index (χ1n) is 43.0. The molecule has 0 unspecified atom stereocenters. The van der Waals surface area contributed by atoms with Gasteiger partial charge < -0.3 is 58.3 Å². The molecular formula is C94H115Cl2FN20O6. The number of benzene rings is 5. The number of rotatable bonds is 20. The van der Waals surface area contributed by atoms with Gasteiger partial charge >= 0.3 is 0 Å². The Bertz CT molecular complexity index is 5040. The van der Waals surface area contributed by atoms with Crippen LogP contribution in [0.25, 0.3) is 0 Å². The van der Waals surface area contributed by atoms with Crippen molar-refractivity contribution in [1.82, 2.24) is 49.8 Å². The number of carbonyl (C=O) groups excluding carboxylic acids is 5. The fourth-order valence-corrected chi connectivity index (χ4v) is 16.0. The Morgan fingerprint density at radius 2 is 0.618 bits per heavy atom. The Hall–Kier alpha value is -11.8. The van der Waals surface area contributed by atoms with Crippen molar-refractivity contribution in [2.75, 3.05) is 53.2 Å². The predicted molar refractivity (Wildman–Crippen MR) is 489 cm³/mol. The fourth-order valence-electron chi connectivity index (χ4n) is 15.5. The third kappa shape index (κ3) is 28.4. The molecule has 5 amide bonds. The summed E-state index contributed by atoms with van der Waals surface area (Å²) in [5.41, 5.74) is 13.8. The average molecular weight is 1710 g/mol. The van der Waals surface area contributed by atoms with E-state index >= 15 is 0 Å². The highest BCUT2D eigenvalue weighted by molar-refractivity contribution is 6.34. The van der Waals surface area contributed by atoms with E-state index in [0.29, 0.717) is 86.7 Å². The number of hydrogen-bond donors (Lipinski definition) is 11. The minimum atomic E-state index is -0.460. The van der Waals surface area contributed by atoms with E-state index in [0.717, 1.165) is 115 Å². The van der Waals surface area contributed by atoms with Crippen molar-refractivity contribution in [2.24, 2.45) is 0 Å². The van der Waals surface area contributed by atoms with E-state index < -0.39 is 11.7 Å². The molecule has 0 atom stereocenters. The van der Waals surface area contributed by atoms with E-state index in [2.05, 4.69) is 130 Å². The third-order valence-corrected chi connectivity index (χ3v) is 23.5. The molecule has 29 heteroatoms. The van der Waals surface area contributed by atoms with Gasteiger partial charge in [0.2, 0.25) is 0 Å². The first kappa shape index (κ1) is 91.9. The summed E-state index contributed by atoms with van der Waals surface area (Å²) in [4.78, 5) is 104. The van der Waals surface area contributed by atoms with Crippen molar-refractivity contribution >= 4 is 110 Å². The minimum Gasteiger partial charge on any atom is -0.506 e. The lowest BCUT2D eigenvalue weighted by Gasteiger charge is -2.23. The van der Waals surface area contributed by atoms with Gasteiger partial charge in [0.25, 0.3) is 29.5 Å². The highest BCUT2D eigenvalue weighted by atomic mass is 35.5. The van der Waals surface area contributed by atoms with Crippen molar-refractivity contribution in [3.05, 3.63) is 229 Å². The summed E-state index contributed by atoms with van der Waals surface area (Å²) < 4.78 is 13.9. The first-order valence-corrected chi connectivity index (χ1v) is 43.7. The summed E-state index contributed by atoms with van der Waals surface area (Å²) in [5, 5.41) is 41.4. The molecule has 5 fully saturated rings. The van der Waals surface area contributed by atoms with E-state index in [1.54, 1.807) is 68.4 Å². The van der Waals surface area contributed by atoms with Crippen LogP contribution in [0, 0.1) is 68.1 Å². The number of phenols is 1. The summed E-state index contributed by atoms with van der Waals surface area (Å²) in [7, 11) is 0. The molecule has 5 aliphatic carbocycles. The van der Waals surface area contributed by atoms with E-state index in [1.165, 1.54) is 157 Å². The maximum absolute atomic E-state index is 13.9. The van der Waals surface area contributed by atoms with Crippen LogP contribution in [0.2, 0.25) is 10.0 Å². The van der Waals surface area contributed by atoms with Gasteiger partial charge in [-0.25, -0.2) is 54.2 Å². The number of aromatic nitrogens is 10. The Morgan fingerprint density at radius 3 is 0.976 bits per heavy atom. The Morgan fingerprint density at radius 1 is 0.301 bits per heavy atom. The molecule has 0 aliphatic heterocycles. The molecule has 11 N–H and O–H groups in total. The molecule has 5 aromatic carbocycles. The number of hydrogen-bond acceptors (Lipinski definition) is 21. The summed E-state index contributed by atoms with van der Waals surface area (Å²) in [6, 6.07) is 31.9. The van der Waals surface area contributed by atoms with Crippen LogP contribution in [0.1, 0.15) is 263 Å². The molecule has 123 heavy (non-hydrogen) atoms. The maximum atomic E-state index is 13.9. The fraction of sp³-hybridized carbons (Fsp3) is 0.415. The normalized spacial score (nSPS) is 15.0. The molecule has 5 saturated carbocycles. The molecule has 0 saturated heterocycles. The van der Waals surface area contributed by atoms with Gasteiger partial charge in [0.15, 0.2) is 0 Å². The monoisotopic (exact) mass is 1710 g/mol.